The summed E-state index contributed by atoms with van der Waals surface area (Å²) < 4.78 is 5.09. The van der Waals surface area contributed by atoms with E-state index in [1.54, 1.807) is 20.8 Å². The lowest BCUT2D eigenvalue weighted by molar-refractivity contribution is -0.197. The maximum Gasteiger partial charge on any atom is 0.407 e. The highest BCUT2D eigenvalue weighted by atomic mass is 16.7. The van der Waals surface area contributed by atoms with Crippen LogP contribution < -0.4 is 5.32 Å². The van der Waals surface area contributed by atoms with E-state index in [1.807, 2.05) is 0 Å². The molecule has 0 saturated carbocycles. The third-order valence-electron chi connectivity index (χ3n) is 3.40. The SMILES string of the molecule is CC(C)(C)OC(=O)NCCCCN(CCC(=O)ON1C(=O)CCC1=O)N=O. The number of nitrogens with zero attached hydrogens (tertiary/aromatic N) is 3. The summed E-state index contributed by atoms with van der Waals surface area (Å²) in [7, 11) is 0. The van der Waals surface area contributed by atoms with Crippen molar-refractivity contribution in [1.29, 1.82) is 0 Å². The molecule has 1 fully saturated rings. The number of amides is 3. The van der Waals surface area contributed by atoms with Gasteiger partial charge in [0.15, 0.2) is 0 Å². The summed E-state index contributed by atoms with van der Waals surface area (Å²) in [5.74, 6) is -1.91. The van der Waals surface area contributed by atoms with Crippen LogP contribution in [-0.2, 0) is 24.0 Å². The van der Waals surface area contributed by atoms with Gasteiger partial charge in [-0.2, -0.15) is 0 Å². The van der Waals surface area contributed by atoms with E-state index in [9.17, 15) is 24.1 Å². The van der Waals surface area contributed by atoms with Crippen molar-refractivity contribution in [3.8, 4) is 0 Å². The van der Waals surface area contributed by atoms with Crippen molar-refractivity contribution in [2.24, 2.45) is 5.29 Å². The molecule has 0 aliphatic carbocycles. The first-order valence-electron chi connectivity index (χ1n) is 8.74. The van der Waals surface area contributed by atoms with Gasteiger partial charge in [0.2, 0.25) is 0 Å². The molecule has 1 aliphatic rings. The average molecular weight is 386 g/mol. The van der Waals surface area contributed by atoms with Crippen molar-refractivity contribution in [2.75, 3.05) is 19.6 Å². The monoisotopic (exact) mass is 386 g/mol. The molecule has 3 amide bonds. The van der Waals surface area contributed by atoms with Crippen LogP contribution in [0.4, 0.5) is 4.79 Å². The molecule has 1 aliphatic heterocycles. The summed E-state index contributed by atoms with van der Waals surface area (Å²) in [6.45, 7) is 5.96. The van der Waals surface area contributed by atoms with E-state index in [2.05, 4.69) is 10.6 Å². The molecule has 1 rings (SSSR count). The molecule has 27 heavy (non-hydrogen) atoms. The zero-order chi connectivity index (χ0) is 20.4. The van der Waals surface area contributed by atoms with Crippen LogP contribution in [0, 0.1) is 4.91 Å². The fourth-order valence-corrected chi connectivity index (χ4v) is 2.14. The Kier molecular flexibility index (Phi) is 8.63. The number of nitrogens with one attached hydrogen (secondary N) is 1. The summed E-state index contributed by atoms with van der Waals surface area (Å²) in [6.07, 6.45) is 0.476. The summed E-state index contributed by atoms with van der Waals surface area (Å²) >= 11 is 0. The van der Waals surface area contributed by atoms with Gasteiger partial charge in [-0.3, -0.25) is 14.6 Å². The van der Waals surface area contributed by atoms with E-state index >= 15 is 0 Å². The first-order valence-corrected chi connectivity index (χ1v) is 8.74. The molecule has 1 N–H and O–H groups in total. The van der Waals surface area contributed by atoms with Gasteiger partial charge < -0.3 is 14.9 Å². The Morgan fingerprint density at radius 3 is 2.33 bits per heavy atom. The molecule has 0 bridgehead atoms. The van der Waals surface area contributed by atoms with E-state index < -0.39 is 29.5 Å². The van der Waals surface area contributed by atoms with Gasteiger partial charge in [-0.05, 0) is 33.6 Å². The van der Waals surface area contributed by atoms with Gasteiger partial charge in [-0.25, -0.2) is 9.59 Å². The molecular weight excluding hydrogens is 360 g/mol. The van der Waals surface area contributed by atoms with Crippen LogP contribution in [0.15, 0.2) is 5.29 Å². The highest BCUT2D eigenvalue weighted by Gasteiger charge is 2.32. The number of nitroso groups, excluding NO2 is 1. The van der Waals surface area contributed by atoms with E-state index in [0.29, 0.717) is 24.4 Å². The molecule has 1 heterocycles. The second kappa shape index (κ2) is 10.4. The summed E-state index contributed by atoms with van der Waals surface area (Å²) in [5, 5.41) is 7.02. The predicted octanol–water partition coefficient (Wildman–Crippen LogP) is 1.27. The third-order valence-corrected chi connectivity index (χ3v) is 3.40. The maximum absolute atomic E-state index is 11.7. The minimum atomic E-state index is -0.793. The van der Waals surface area contributed by atoms with Crippen molar-refractivity contribution in [1.82, 2.24) is 15.4 Å². The first kappa shape index (κ1) is 22.3. The van der Waals surface area contributed by atoms with Crippen LogP contribution in [0.3, 0.4) is 0 Å². The molecule has 0 aromatic heterocycles. The Labute approximate surface area is 157 Å². The van der Waals surface area contributed by atoms with Crippen LogP contribution in [0.5, 0.6) is 0 Å². The van der Waals surface area contributed by atoms with E-state index in [-0.39, 0.29) is 32.4 Å². The van der Waals surface area contributed by atoms with Crippen molar-refractivity contribution < 1.29 is 28.8 Å². The second-order valence-electron chi connectivity index (χ2n) is 6.97. The smallest absolute Gasteiger partial charge is 0.407 e. The topological polar surface area (TPSA) is 135 Å². The Balaban J connectivity index is 2.18. The van der Waals surface area contributed by atoms with Crippen LogP contribution in [0.25, 0.3) is 0 Å². The number of hydrogen-bond donors (Lipinski definition) is 1. The lowest BCUT2D eigenvalue weighted by Crippen LogP contribution is -2.33. The molecule has 11 nitrogen and oxygen atoms in total. The van der Waals surface area contributed by atoms with Crippen molar-refractivity contribution in [3.05, 3.63) is 4.91 Å². The van der Waals surface area contributed by atoms with Gasteiger partial charge in [0.1, 0.15) is 5.60 Å². The van der Waals surface area contributed by atoms with Gasteiger partial charge in [-0.1, -0.05) is 0 Å². The number of alkyl carbamates (subject to hydrolysis) is 1. The van der Waals surface area contributed by atoms with Crippen LogP contribution in [0.2, 0.25) is 0 Å². The van der Waals surface area contributed by atoms with Gasteiger partial charge in [0, 0.05) is 32.5 Å². The Morgan fingerprint density at radius 2 is 1.78 bits per heavy atom. The summed E-state index contributed by atoms with van der Waals surface area (Å²) in [4.78, 5) is 61.4. The largest absolute Gasteiger partial charge is 0.444 e. The highest BCUT2D eigenvalue weighted by Crippen LogP contribution is 2.12. The molecule has 0 unspecified atom stereocenters. The Hall–Kier alpha value is -2.72. The molecule has 0 atom stereocenters. The molecule has 1 saturated heterocycles. The zero-order valence-electron chi connectivity index (χ0n) is 15.9. The molecule has 0 spiro atoms. The third kappa shape index (κ3) is 8.97. The molecular formula is C16H26N4O7. The predicted molar refractivity (Wildman–Crippen MR) is 92.6 cm³/mol. The first-order chi connectivity index (χ1) is 12.6. The molecule has 0 aromatic rings. The molecule has 0 radical (unpaired) electrons. The van der Waals surface area contributed by atoms with E-state index in [1.165, 1.54) is 0 Å². The maximum atomic E-state index is 11.7. The molecule has 152 valence electrons. The number of carbonyl (C=O) groups excluding carboxylic acids is 4. The number of hydrogen-bond acceptors (Lipinski definition) is 8. The van der Waals surface area contributed by atoms with Crippen LogP contribution >= 0.6 is 0 Å². The number of ether oxygens (including phenoxy) is 1. The summed E-state index contributed by atoms with van der Waals surface area (Å²) in [6, 6.07) is 0. The minimum Gasteiger partial charge on any atom is -0.444 e. The summed E-state index contributed by atoms with van der Waals surface area (Å²) in [5.41, 5.74) is -0.568. The quantitative estimate of drug-likeness (QED) is 0.257. The fourth-order valence-electron chi connectivity index (χ4n) is 2.14. The molecule has 0 aromatic carbocycles. The fraction of sp³-hybridized carbons (Fsp3) is 0.750. The van der Waals surface area contributed by atoms with Crippen LogP contribution in [0.1, 0.15) is 52.9 Å². The number of carbonyl (C=O) groups is 4. The highest BCUT2D eigenvalue weighted by molar-refractivity contribution is 6.01. The van der Waals surface area contributed by atoms with Crippen molar-refractivity contribution in [3.63, 3.8) is 0 Å². The lowest BCUT2D eigenvalue weighted by Gasteiger charge is -2.19. The lowest BCUT2D eigenvalue weighted by atomic mass is 10.2. The van der Waals surface area contributed by atoms with Gasteiger partial charge >= 0.3 is 12.1 Å². The zero-order valence-corrected chi connectivity index (χ0v) is 15.9. The van der Waals surface area contributed by atoms with E-state index in [0.717, 1.165) is 5.01 Å². The number of unbranched alkanes of at least 4 members (excludes halogenated alkanes) is 1. The van der Waals surface area contributed by atoms with Gasteiger partial charge in [0.25, 0.3) is 11.8 Å². The van der Waals surface area contributed by atoms with E-state index in [4.69, 9.17) is 9.57 Å². The Morgan fingerprint density at radius 1 is 1.15 bits per heavy atom. The van der Waals surface area contributed by atoms with Gasteiger partial charge in [-0.15, -0.1) is 9.97 Å². The van der Waals surface area contributed by atoms with Gasteiger partial charge in [0.05, 0.1) is 11.7 Å². The second-order valence-corrected chi connectivity index (χ2v) is 6.97. The Bertz CT molecular complexity index is 558. The number of hydroxylamine groups is 2. The number of rotatable bonds is 10. The van der Waals surface area contributed by atoms with Crippen molar-refractivity contribution >= 4 is 23.9 Å². The average Bonchev–Trinajstić information content (AvgIpc) is 2.87. The molecule has 11 heteroatoms. The minimum absolute atomic E-state index is 0.00194. The van der Waals surface area contributed by atoms with Crippen LogP contribution in [-0.4, -0.2) is 59.2 Å². The van der Waals surface area contributed by atoms with Crippen molar-refractivity contribution in [2.45, 2.75) is 58.5 Å². The standard InChI is InChI=1S/C16H26N4O7/c1-16(2,3)26-15(24)17-9-4-5-10-19(18-25)11-8-14(23)27-20-12(21)6-7-13(20)22/h4-11H2,1-3H3,(H,17,24). The number of imide groups is 1. The normalized spacial score (nSPS) is 14.1.